The Balaban J connectivity index is 1.02. The van der Waals surface area contributed by atoms with E-state index in [1.165, 1.54) is 97.2 Å². The zero-order chi connectivity index (χ0) is 37.5. The lowest BCUT2D eigenvalue weighted by Crippen LogP contribution is -1.94. The van der Waals surface area contributed by atoms with Crippen LogP contribution in [0.1, 0.15) is 0 Å². The molecule has 0 atom stereocenters. The molecule has 0 saturated heterocycles. The number of hydrogen-bond acceptors (Lipinski definition) is 1. The second kappa shape index (κ2) is 12.7. The van der Waals surface area contributed by atoms with Gasteiger partial charge in [0.05, 0.1) is 22.1 Å². The Labute approximate surface area is 333 Å². The molecule has 0 bridgehead atoms. The van der Waals surface area contributed by atoms with Crippen LogP contribution >= 0.6 is 11.3 Å². The van der Waals surface area contributed by atoms with Crippen LogP contribution in [0.5, 0.6) is 0 Å². The first kappa shape index (κ1) is 32.1. The summed E-state index contributed by atoms with van der Waals surface area (Å²) in [5, 5.41) is 7.65. The van der Waals surface area contributed by atoms with Crippen molar-refractivity contribution in [1.29, 1.82) is 0 Å². The summed E-state index contributed by atoms with van der Waals surface area (Å²) in [5.41, 5.74) is 14.5. The standard InChI is InChI=1S/C54H34N2S/c1-3-11-35(12-4-1)36-19-25-42(26-20-36)56-49-17-9-7-15-43(49)45-31-37(21-27-50(45)56)38-22-28-51-46(32-38)47-33-39(23-29-52(47)55(51)41-13-5-2-6-14-41)40-24-30-54-48(34-40)44-16-8-10-18-53(44)57-54/h1-34H. The van der Waals surface area contributed by atoms with E-state index in [1.54, 1.807) is 0 Å². The Morgan fingerprint density at radius 2 is 0.649 bits per heavy atom. The normalized spacial score (nSPS) is 11.9. The number of thiophene rings is 1. The van der Waals surface area contributed by atoms with Crippen molar-refractivity contribution in [3.63, 3.8) is 0 Å². The van der Waals surface area contributed by atoms with Gasteiger partial charge in [-0.3, -0.25) is 0 Å². The fourth-order valence-corrected chi connectivity index (χ4v) is 10.1. The molecule has 9 aromatic carbocycles. The largest absolute Gasteiger partial charge is 0.309 e. The Morgan fingerprint density at radius 1 is 0.246 bits per heavy atom. The molecule has 0 amide bonds. The van der Waals surface area contributed by atoms with E-state index in [-0.39, 0.29) is 0 Å². The van der Waals surface area contributed by atoms with Crippen molar-refractivity contribution in [2.75, 3.05) is 0 Å². The van der Waals surface area contributed by atoms with E-state index in [4.69, 9.17) is 0 Å². The lowest BCUT2D eigenvalue weighted by Gasteiger charge is -2.10. The van der Waals surface area contributed by atoms with Crippen LogP contribution in [0.4, 0.5) is 0 Å². The van der Waals surface area contributed by atoms with Crippen molar-refractivity contribution in [3.8, 4) is 44.8 Å². The fraction of sp³-hybridized carbons (Fsp3) is 0. The van der Waals surface area contributed by atoms with Crippen LogP contribution in [0.15, 0.2) is 206 Å². The molecule has 0 unspecified atom stereocenters. The zero-order valence-electron chi connectivity index (χ0n) is 30.9. The third-order valence-electron chi connectivity index (χ3n) is 11.7. The van der Waals surface area contributed by atoms with Crippen molar-refractivity contribution in [2.45, 2.75) is 0 Å². The van der Waals surface area contributed by atoms with Crippen LogP contribution in [0.3, 0.4) is 0 Å². The molecule has 3 heteroatoms. The van der Waals surface area contributed by atoms with Gasteiger partial charge < -0.3 is 9.13 Å². The van der Waals surface area contributed by atoms with Gasteiger partial charge in [0.2, 0.25) is 0 Å². The molecule has 0 spiro atoms. The van der Waals surface area contributed by atoms with E-state index in [0.29, 0.717) is 0 Å². The highest BCUT2D eigenvalue weighted by Crippen LogP contribution is 2.41. The molecule has 12 rings (SSSR count). The minimum Gasteiger partial charge on any atom is -0.309 e. The van der Waals surface area contributed by atoms with E-state index in [1.807, 2.05) is 11.3 Å². The molecule has 2 nitrogen and oxygen atoms in total. The molecule has 0 N–H and O–H groups in total. The maximum Gasteiger partial charge on any atom is 0.0541 e. The highest BCUT2D eigenvalue weighted by atomic mass is 32.1. The Bertz CT molecular complexity index is 3490. The molecule has 12 aromatic rings. The van der Waals surface area contributed by atoms with Crippen LogP contribution in [-0.4, -0.2) is 9.13 Å². The van der Waals surface area contributed by atoms with Crippen molar-refractivity contribution in [3.05, 3.63) is 206 Å². The minimum atomic E-state index is 1.16. The molecule has 0 radical (unpaired) electrons. The molecule has 3 aromatic heterocycles. The fourth-order valence-electron chi connectivity index (χ4n) is 9.01. The first-order valence-corrected chi connectivity index (χ1v) is 20.3. The van der Waals surface area contributed by atoms with Crippen molar-refractivity contribution >= 4 is 75.1 Å². The van der Waals surface area contributed by atoms with Gasteiger partial charge in [-0.1, -0.05) is 121 Å². The van der Waals surface area contributed by atoms with E-state index < -0.39 is 0 Å². The van der Waals surface area contributed by atoms with Gasteiger partial charge in [0, 0.05) is 53.1 Å². The predicted molar refractivity (Wildman–Crippen MR) is 244 cm³/mol. The third-order valence-corrected chi connectivity index (χ3v) is 12.9. The average molecular weight is 743 g/mol. The van der Waals surface area contributed by atoms with Gasteiger partial charge in [0.1, 0.15) is 0 Å². The summed E-state index contributed by atoms with van der Waals surface area (Å²) >= 11 is 1.87. The summed E-state index contributed by atoms with van der Waals surface area (Å²) in [6, 6.07) is 75.7. The zero-order valence-corrected chi connectivity index (χ0v) is 31.7. The number of fused-ring (bicyclic) bond motifs is 9. The predicted octanol–water partition coefficient (Wildman–Crippen LogP) is 15.2. The van der Waals surface area contributed by atoms with Gasteiger partial charge >= 0.3 is 0 Å². The summed E-state index contributed by atoms with van der Waals surface area (Å²) < 4.78 is 7.47. The van der Waals surface area contributed by atoms with E-state index in [9.17, 15) is 0 Å². The first-order chi connectivity index (χ1) is 28.2. The third kappa shape index (κ3) is 5.10. The Hall–Kier alpha value is -7.20. The van der Waals surface area contributed by atoms with Gasteiger partial charge in [0.15, 0.2) is 0 Å². The average Bonchev–Trinajstić information content (AvgIpc) is 3.93. The van der Waals surface area contributed by atoms with Gasteiger partial charge in [-0.05, 0) is 118 Å². The Kier molecular flexibility index (Phi) is 7.13. The van der Waals surface area contributed by atoms with E-state index >= 15 is 0 Å². The monoisotopic (exact) mass is 742 g/mol. The van der Waals surface area contributed by atoms with Crippen LogP contribution in [0.25, 0.3) is 109 Å². The number of nitrogens with zero attached hydrogens (tertiary/aromatic N) is 2. The van der Waals surface area contributed by atoms with Crippen molar-refractivity contribution in [2.24, 2.45) is 0 Å². The van der Waals surface area contributed by atoms with E-state index in [0.717, 1.165) is 11.4 Å². The number of hydrogen-bond donors (Lipinski definition) is 0. The second-order valence-electron chi connectivity index (χ2n) is 14.9. The number of para-hydroxylation sites is 2. The summed E-state index contributed by atoms with van der Waals surface area (Å²) in [7, 11) is 0. The Morgan fingerprint density at radius 3 is 1.28 bits per heavy atom. The molecule has 0 aliphatic heterocycles. The maximum atomic E-state index is 2.41. The molecule has 0 fully saturated rings. The molecule has 57 heavy (non-hydrogen) atoms. The number of benzene rings is 9. The van der Waals surface area contributed by atoms with E-state index in [2.05, 4.69) is 215 Å². The lowest BCUT2D eigenvalue weighted by atomic mass is 9.98. The van der Waals surface area contributed by atoms with Crippen LogP contribution < -0.4 is 0 Å². The quantitative estimate of drug-likeness (QED) is 0.166. The SMILES string of the molecule is c1ccc(-c2ccc(-n3c4ccccc4c4cc(-c5ccc6c(c5)c5cc(-c7ccc8sc9ccccc9c8c7)ccc5n6-c5ccccc5)ccc43)cc2)cc1. The molecular formula is C54H34N2S. The first-order valence-electron chi connectivity index (χ1n) is 19.5. The highest BCUT2D eigenvalue weighted by Gasteiger charge is 2.17. The molecular weight excluding hydrogens is 709 g/mol. The summed E-state index contributed by atoms with van der Waals surface area (Å²) in [4.78, 5) is 0. The molecule has 0 aliphatic rings. The lowest BCUT2D eigenvalue weighted by molar-refractivity contribution is 1.18. The topological polar surface area (TPSA) is 9.86 Å². The molecule has 0 aliphatic carbocycles. The minimum absolute atomic E-state index is 1.16. The molecule has 0 saturated carbocycles. The molecule has 3 heterocycles. The van der Waals surface area contributed by atoms with Crippen LogP contribution in [0, 0.1) is 0 Å². The van der Waals surface area contributed by atoms with Crippen molar-refractivity contribution in [1.82, 2.24) is 9.13 Å². The smallest absolute Gasteiger partial charge is 0.0541 e. The van der Waals surface area contributed by atoms with Crippen LogP contribution in [-0.2, 0) is 0 Å². The summed E-state index contributed by atoms with van der Waals surface area (Å²) in [6.45, 7) is 0. The molecule has 266 valence electrons. The second-order valence-corrected chi connectivity index (χ2v) is 16.0. The van der Waals surface area contributed by atoms with Gasteiger partial charge in [-0.25, -0.2) is 0 Å². The van der Waals surface area contributed by atoms with Crippen LogP contribution in [0.2, 0.25) is 0 Å². The van der Waals surface area contributed by atoms with Crippen molar-refractivity contribution < 1.29 is 0 Å². The highest BCUT2D eigenvalue weighted by molar-refractivity contribution is 7.25. The summed E-state index contributed by atoms with van der Waals surface area (Å²) in [6.07, 6.45) is 0. The van der Waals surface area contributed by atoms with Gasteiger partial charge in [-0.15, -0.1) is 11.3 Å². The van der Waals surface area contributed by atoms with Gasteiger partial charge in [-0.2, -0.15) is 0 Å². The number of aromatic nitrogens is 2. The maximum absolute atomic E-state index is 2.41. The number of rotatable bonds is 5. The van der Waals surface area contributed by atoms with Gasteiger partial charge in [0.25, 0.3) is 0 Å². The summed E-state index contributed by atoms with van der Waals surface area (Å²) in [5.74, 6) is 0.